The van der Waals surface area contributed by atoms with Crippen molar-refractivity contribution in [3.8, 4) is 0 Å². The summed E-state index contributed by atoms with van der Waals surface area (Å²) in [5.74, 6) is 0.744. The summed E-state index contributed by atoms with van der Waals surface area (Å²) in [5.41, 5.74) is 2.96. The Morgan fingerprint density at radius 3 is 2.24 bits per heavy atom. The van der Waals surface area contributed by atoms with Crippen LogP contribution in [0.25, 0.3) is 0 Å². The average Bonchev–Trinajstić information content (AvgIpc) is 2.47. The van der Waals surface area contributed by atoms with Crippen LogP contribution in [0.2, 0.25) is 0 Å². The van der Waals surface area contributed by atoms with Gasteiger partial charge in [-0.1, -0.05) is 51.0 Å². The highest BCUT2D eigenvalue weighted by atomic mass is 16.5. The Bertz CT molecular complexity index is 345. The van der Waals surface area contributed by atoms with Gasteiger partial charge in [0.2, 0.25) is 0 Å². The molecule has 0 spiro atoms. The molecule has 0 saturated carbocycles. The van der Waals surface area contributed by atoms with Crippen molar-refractivity contribution in [2.75, 3.05) is 26.8 Å². The molecule has 0 aliphatic rings. The Balaban J connectivity index is 2.02. The van der Waals surface area contributed by atoms with Gasteiger partial charge in [0.25, 0.3) is 0 Å². The molecule has 0 saturated heterocycles. The highest BCUT2D eigenvalue weighted by molar-refractivity contribution is 5.22. The van der Waals surface area contributed by atoms with Crippen LogP contribution in [0, 0.1) is 5.92 Å². The summed E-state index contributed by atoms with van der Waals surface area (Å²) in [6.07, 6.45) is 7.65. The summed E-state index contributed by atoms with van der Waals surface area (Å²) in [5, 5.41) is 3.39. The molecule has 0 aromatic heterocycles. The summed E-state index contributed by atoms with van der Waals surface area (Å²) < 4.78 is 5.00. The Kier molecular flexibility index (Phi) is 10.2. The first kappa shape index (κ1) is 18.2. The molecule has 0 aliphatic carbocycles. The molecule has 120 valence electrons. The summed E-state index contributed by atoms with van der Waals surface area (Å²) in [4.78, 5) is 0. The van der Waals surface area contributed by atoms with Crippen molar-refractivity contribution >= 4 is 0 Å². The normalized spacial score (nSPS) is 11.2. The van der Waals surface area contributed by atoms with Crippen LogP contribution in [0.1, 0.15) is 50.7 Å². The van der Waals surface area contributed by atoms with Crippen molar-refractivity contribution in [3.05, 3.63) is 35.4 Å². The van der Waals surface area contributed by atoms with E-state index < -0.39 is 0 Å². The average molecular weight is 291 g/mol. The smallest absolute Gasteiger partial charge is 0.0587 e. The van der Waals surface area contributed by atoms with E-state index in [0.717, 1.165) is 25.6 Å². The molecule has 0 radical (unpaired) electrons. The van der Waals surface area contributed by atoms with Crippen LogP contribution < -0.4 is 5.32 Å². The minimum atomic E-state index is 0.744. The third-order valence-corrected chi connectivity index (χ3v) is 3.72. The number of methoxy groups -OCH3 is 1. The molecule has 1 aromatic carbocycles. The van der Waals surface area contributed by atoms with Crippen LogP contribution in [0.5, 0.6) is 0 Å². The SMILES string of the molecule is COCCNCCCCCCc1ccc(CC(C)C)cc1. The fraction of sp³-hybridized carbons (Fsp3) is 0.684. The topological polar surface area (TPSA) is 21.3 Å². The van der Waals surface area contributed by atoms with E-state index in [1.165, 1.54) is 49.7 Å². The van der Waals surface area contributed by atoms with Crippen LogP contribution >= 0.6 is 0 Å². The molecule has 21 heavy (non-hydrogen) atoms. The Morgan fingerprint density at radius 1 is 0.905 bits per heavy atom. The van der Waals surface area contributed by atoms with Crippen molar-refractivity contribution in [3.63, 3.8) is 0 Å². The number of aryl methyl sites for hydroxylation is 1. The lowest BCUT2D eigenvalue weighted by atomic mass is 10.00. The van der Waals surface area contributed by atoms with Crippen LogP contribution in [0.4, 0.5) is 0 Å². The molecule has 0 amide bonds. The number of rotatable bonds is 12. The monoisotopic (exact) mass is 291 g/mol. The Hall–Kier alpha value is -0.860. The van der Waals surface area contributed by atoms with E-state index in [4.69, 9.17) is 4.74 Å². The van der Waals surface area contributed by atoms with Crippen molar-refractivity contribution in [2.45, 2.75) is 52.4 Å². The number of nitrogens with one attached hydrogen (secondary N) is 1. The second-order valence-corrected chi connectivity index (χ2v) is 6.32. The number of ether oxygens (including phenoxy) is 1. The first-order valence-corrected chi connectivity index (χ1v) is 8.50. The maximum Gasteiger partial charge on any atom is 0.0587 e. The molecular formula is C19H33NO. The van der Waals surface area contributed by atoms with Gasteiger partial charge in [-0.05, 0) is 49.3 Å². The van der Waals surface area contributed by atoms with E-state index in [1.807, 2.05) is 0 Å². The number of unbranched alkanes of at least 4 members (excludes halogenated alkanes) is 3. The maximum absolute atomic E-state index is 5.00. The zero-order valence-corrected chi connectivity index (χ0v) is 14.2. The van der Waals surface area contributed by atoms with Crippen molar-refractivity contribution in [1.82, 2.24) is 5.32 Å². The number of hydrogen-bond acceptors (Lipinski definition) is 2. The van der Waals surface area contributed by atoms with E-state index in [0.29, 0.717) is 0 Å². The van der Waals surface area contributed by atoms with E-state index in [9.17, 15) is 0 Å². The van der Waals surface area contributed by atoms with E-state index >= 15 is 0 Å². The predicted octanol–water partition coefficient (Wildman–Crippen LogP) is 4.22. The standard InChI is InChI=1S/C19H33NO/c1-17(2)16-19-11-9-18(10-12-19)8-6-4-5-7-13-20-14-15-21-3/h9-12,17,20H,4-8,13-16H2,1-3H3. The minimum Gasteiger partial charge on any atom is -0.383 e. The lowest BCUT2D eigenvalue weighted by Crippen LogP contribution is -2.20. The third kappa shape index (κ3) is 9.65. The van der Waals surface area contributed by atoms with Gasteiger partial charge in [0.05, 0.1) is 6.61 Å². The van der Waals surface area contributed by atoms with Crippen LogP contribution in [-0.4, -0.2) is 26.8 Å². The fourth-order valence-corrected chi connectivity index (χ4v) is 2.55. The molecule has 0 aliphatic heterocycles. The van der Waals surface area contributed by atoms with Gasteiger partial charge in [0, 0.05) is 13.7 Å². The second kappa shape index (κ2) is 11.8. The van der Waals surface area contributed by atoms with Crippen LogP contribution in [0.3, 0.4) is 0 Å². The summed E-state index contributed by atoms with van der Waals surface area (Å²) in [7, 11) is 1.75. The molecule has 0 heterocycles. The van der Waals surface area contributed by atoms with Gasteiger partial charge >= 0.3 is 0 Å². The molecule has 0 fully saturated rings. The third-order valence-electron chi connectivity index (χ3n) is 3.72. The first-order valence-electron chi connectivity index (χ1n) is 8.50. The summed E-state index contributed by atoms with van der Waals surface area (Å²) >= 11 is 0. The maximum atomic E-state index is 5.00. The van der Waals surface area contributed by atoms with Crippen LogP contribution in [-0.2, 0) is 17.6 Å². The molecular weight excluding hydrogens is 258 g/mol. The zero-order valence-electron chi connectivity index (χ0n) is 14.2. The van der Waals surface area contributed by atoms with E-state index in [-0.39, 0.29) is 0 Å². The minimum absolute atomic E-state index is 0.744. The largest absolute Gasteiger partial charge is 0.383 e. The van der Waals surface area contributed by atoms with Gasteiger partial charge in [0.1, 0.15) is 0 Å². The van der Waals surface area contributed by atoms with Gasteiger partial charge in [0.15, 0.2) is 0 Å². The number of hydrogen-bond donors (Lipinski definition) is 1. The Labute approximate surface area is 131 Å². The summed E-state index contributed by atoms with van der Waals surface area (Å²) in [6.45, 7) is 7.45. The fourth-order valence-electron chi connectivity index (χ4n) is 2.55. The first-order chi connectivity index (χ1) is 10.2. The molecule has 2 nitrogen and oxygen atoms in total. The molecule has 1 rings (SSSR count). The molecule has 1 aromatic rings. The molecule has 2 heteroatoms. The lowest BCUT2D eigenvalue weighted by Gasteiger charge is -2.07. The summed E-state index contributed by atoms with van der Waals surface area (Å²) in [6, 6.07) is 9.22. The van der Waals surface area contributed by atoms with Crippen LogP contribution in [0.15, 0.2) is 24.3 Å². The highest BCUT2D eigenvalue weighted by Crippen LogP contribution is 2.12. The van der Waals surface area contributed by atoms with E-state index in [2.05, 4.69) is 43.4 Å². The van der Waals surface area contributed by atoms with E-state index in [1.54, 1.807) is 7.11 Å². The lowest BCUT2D eigenvalue weighted by molar-refractivity contribution is 0.199. The van der Waals surface area contributed by atoms with Gasteiger partial charge in [-0.25, -0.2) is 0 Å². The van der Waals surface area contributed by atoms with Gasteiger partial charge < -0.3 is 10.1 Å². The quantitative estimate of drug-likeness (QED) is 0.582. The van der Waals surface area contributed by atoms with Crippen molar-refractivity contribution < 1.29 is 4.74 Å². The van der Waals surface area contributed by atoms with Gasteiger partial charge in [-0.15, -0.1) is 0 Å². The van der Waals surface area contributed by atoms with Gasteiger partial charge in [-0.3, -0.25) is 0 Å². The zero-order chi connectivity index (χ0) is 15.3. The molecule has 0 bridgehead atoms. The number of benzene rings is 1. The second-order valence-electron chi connectivity index (χ2n) is 6.32. The van der Waals surface area contributed by atoms with Crippen molar-refractivity contribution in [1.29, 1.82) is 0 Å². The van der Waals surface area contributed by atoms with Gasteiger partial charge in [-0.2, -0.15) is 0 Å². The predicted molar refractivity (Wildman–Crippen MR) is 91.9 cm³/mol. The molecule has 0 atom stereocenters. The molecule has 0 unspecified atom stereocenters. The Morgan fingerprint density at radius 2 is 1.57 bits per heavy atom. The van der Waals surface area contributed by atoms with Crippen molar-refractivity contribution in [2.24, 2.45) is 5.92 Å². The highest BCUT2D eigenvalue weighted by Gasteiger charge is 1.98. The molecule has 1 N–H and O–H groups in total.